The van der Waals surface area contributed by atoms with Crippen LogP contribution in [0.3, 0.4) is 0 Å². The number of halogens is 1. The van der Waals surface area contributed by atoms with Crippen LogP contribution in [0, 0.1) is 6.92 Å². The molecule has 0 aliphatic heterocycles. The van der Waals surface area contributed by atoms with Gasteiger partial charge in [-0.25, -0.2) is 4.68 Å². The molecular formula is C20H22BrN5O. The monoisotopic (exact) mass is 427 g/mol. The van der Waals surface area contributed by atoms with Crippen molar-refractivity contribution < 1.29 is 4.79 Å². The summed E-state index contributed by atoms with van der Waals surface area (Å²) in [6.45, 7) is 2.36. The molecule has 27 heavy (non-hydrogen) atoms. The summed E-state index contributed by atoms with van der Waals surface area (Å²) in [6, 6.07) is 15.9. The second kappa shape index (κ2) is 7.92. The van der Waals surface area contributed by atoms with Gasteiger partial charge in [0.2, 0.25) is 0 Å². The van der Waals surface area contributed by atoms with Gasteiger partial charge in [0.15, 0.2) is 5.69 Å². The fourth-order valence-electron chi connectivity index (χ4n) is 2.81. The number of carbonyl (C=O) groups excluding carboxylic acids is 1. The molecule has 0 fully saturated rings. The molecule has 1 amide bonds. The largest absolute Gasteiger partial charge is 0.378 e. The molecule has 0 bridgehead atoms. The minimum Gasteiger partial charge on any atom is -0.378 e. The van der Waals surface area contributed by atoms with E-state index in [0.29, 0.717) is 17.9 Å². The average Bonchev–Trinajstić information content (AvgIpc) is 3.03. The predicted molar refractivity (Wildman–Crippen MR) is 110 cm³/mol. The van der Waals surface area contributed by atoms with Gasteiger partial charge in [-0.2, -0.15) is 0 Å². The van der Waals surface area contributed by atoms with E-state index in [1.165, 1.54) is 0 Å². The summed E-state index contributed by atoms with van der Waals surface area (Å²) in [7, 11) is 5.78. The number of hydrogen-bond acceptors (Lipinski definition) is 4. The summed E-state index contributed by atoms with van der Waals surface area (Å²) in [5.41, 5.74) is 4.12. The molecule has 0 N–H and O–H groups in total. The standard InChI is InChI=1S/C20H22BrN5O/c1-14-19(22-23-26(14)18-7-5-6-16(21)12-18)20(27)25(4)13-15-8-10-17(11-9-15)24(2)3/h5-12H,13H2,1-4H3. The van der Waals surface area contributed by atoms with Gasteiger partial charge in [-0.15, -0.1) is 5.10 Å². The van der Waals surface area contributed by atoms with Crippen molar-refractivity contribution in [1.29, 1.82) is 0 Å². The van der Waals surface area contributed by atoms with Crippen LogP contribution in [0.25, 0.3) is 5.69 Å². The van der Waals surface area contributed by atoms with Gasteiger partial charge in [0.25, 0.3) is 5.91 Å². The van der Waals surface area contributed by atoms with E-state index < -0.39 is 0 Å². The third-order valence-corrected chi connectivity index (χ3v) is 4.86. The fraction of sp³-hybridized carbons (Fsp3) is 0.250. The van der Waals surface area contributed by atoms with E-state index in [2.05, 4.69) is 26.2 Å². The topological polar surface area (TPSA) is 54.3 Å². The van der Waals surface area contributed by atoms with E-state index in [0.717, 1.165) is 21.4 Å². The Balaban J connectivity index is 1.77. The molecule has 3 aromatic rings. The Hall–Kier alpha value is -2.67. The molecule has 0 saturated heterocycles. The number of benzene rings is 2. The summed E-state index contributed by atoms with van der Waals surface area (Å²) in [6.07, 6.45) is 0. The number of amides is 1. The van der Waals surface area contributed by atoms with Crippen molar-refractivity contribution in [3.63, 3.8) is 0 Å². The smallest absolute Gasteiger partial charge is 0.276 e. The summed E-state index contributed by atoms with van der Waals surface area (Å²) in [5.74, 6) is -0.148. The van der Waals surface area contributed by atoms with Crippen LogP contribution in [-0.4, -0.2) is 46.9 Å². The van der Waals surface area contributed by atoms with E-state index in [-0.39, 0.29) is 5.91 Å². The molecule has 0 radical (unpaired) electrons. The maximum absolute atomic E-state index is 12.8. The molecular weight excluding hydrogens is 406 g/mol. The second-order valence-electron chi connectivity index (χ2n) is 6.64. The van der Waals surface area contributed by atoms with E-state index >= 15 is 0 Å². The molecule has 6 nitrogen and oxygen atoms in total. The summed E-state index contributed by atoms with van der Waals surface area (Å²) in [4.78, 5) is 16.6. The lowest BCUT2D eigenvalue weighted by molar-refractivity contribution is 0.0778. The molecule has 0 spiro atoms. The van der Waals surface area contributed by atoms with Crippen molar-refractivity contribution in [2.45, 2.75) is 13.5 Å². The van der Waals surface area contributed by atoms with Crippen molar-refractivity contribution in [2.24, 2.45) is 0 Å². The summed E-state index contributed by atoms with van der Waals surface area (Å²) in [5, 5.41) is 8.28. The molecule has 0 aliphatic rings. The number of carbonyl (C=O) groups is 1. The van der Waals surface area contributed by atoms with E-state index in [4.69, 9.17) is 0 Å². The lowest BCUT2D eigenvalue weighted by Gasteiger charge is -2.18. The lowest BCUT2D eigenvalue weighted by atomic mass is 10.2. The van der Waals surface area contributed by atoms with Gasteiger partial charge in [0, 0.05) is 37.8 Å². The molecule has 1 heterocycles. The molecule has 2 aromatic carbocycles. The number of hydrogen-bond donors (Lipinski definition) is 0. The van der Waals surface area contributed by atoms with Gasteiger partial charge < -0.3 is 9.80 Å². The lowest BCUT2D eigenvalue weighted by Crippen LogP contribution is -2.27. The molecule has 7 heteroatoms. The molecule has 1 aromatic heterocycles. The molecule has 0 atom stereocenters. The van der Waals surface area contributed by atoms with Gasteiger partial charge in [0.05, 0.1) is 11.4 Å². The summed E-state index contributed by atoms with van der Waals surface area (Å²) < 4.78 is 2.62. The van der Waals surface area contributed by atoms with Crippen molar-refractivity contribution >= 4 is 27.5 Å². The number of aromatic nitrogens is 3. The zero-order valence-electron chi connectivity index (χ0n) is 15.8. The Morgan fingerprint density at radius 2 is 1.81 bits per heavy atom. The number of anilines is 1. The Labute approximate surface area is 167 Å². The highest BCUT2D eigenvalue weighted by molar-refractivity contribution is 9.10. The third kappa shape index (κ3) is 4.19. The van der Waals surface area contributed by atoms with E-state index in [9.17, 15) is 4.79 Å². The van der Waals surface area contributed by atoms with E-state index in [1.807, 2.05) is 74.4 Å². The maximum Gasteiger partial charge on any atom is 0.276 e. The van der Waals surface area contributed by atoms with Crippen LogP contribution in [0.4, 0.5) is 5.69 Å². The minimum atomic E-state index is -0.148. The molecule has 0 aliphatic carbocycles. The van der Waals surface area contributed by atoms with Crippen LogP contribution in [0.15, 0.2) is 53.0 Å². The summed E-state index contributed by atoms with van der Waals surface area (Å²) >= 11 is 3.45. The first kappa shape index (κ1) is 19.1. The number of rotatable bonds is 5. The molecule has 140 valence electrons. The fourth-order valence-corrected chi connectivity index (χ4v) is 3.19. The highest BCUT2D eigenvalue weighted by Crippen LogP contribution is 2.19. The van der Waals surface area contributed by atoms with Crippen LogP contribution in [0.5, 0.6) is 0 Å². The SMILES string of the molecule is Cc1c(C(=O)N(C)Cc2ccc(N(C)C)cc2)nnn1-c1cccc(Br)c1. The van der Waals surface area contributed by atoms with Gasteiger partial charge in [0.1, 0.15) is 0 Å². The van der Waals surface area contributed by atoms with Gasteiger partial charge in [-0.05, 0) is 42.8 Å². The van der Waals surface area contributed by atoms with Crippen LogP contribution in [0.2, 0.25) is 0 Å². The van der Waals surface area contributed by atoms with Crippen LogP contribution in [-0.2, 0) is 6.54 Å². The van der Waals surface area contributed by atoms with Crippen molar-refractivity contribution in [2.75, 3.05) is 26.0 Å². The van der Waals surface area contributed by atoms with Gasteiger partial charge >= 0.3 is 0 Å². The first-order valence-corrected chi connectivity index (χ1v) is 9.36. The van der Waals surface area contributed by atoms with Crippen molar-refractivity contribution in [3.8, 4) is 5.69 Å². The highest BCUT2D eigenvalue weighted by atomic mass is 79.9. The zero-order chi connectivity index (χ0) is 19.6. The zero-order valence-corrected chi connectivity index (χ0v) is 17.4. The van der Waals surface area contributed by atoms with Crippen LogP contribution >= 0.6 is 15.9 Å². The third-order valence-electron chi connectivity index (χ3n) is 4.37. The van der Waals surface area contributed by atoms with Crippen LogP contribution < -0.4 is 4.90 Å². The molecule has 0 unspecified atom stereocenters. The van der Waals surface area contributed by atoms with Gasteiger partial charge in [-0.3, -0.25) is 4.79 Å². The van der Waals surface area contributed by atoms with E-state index in [1.54, 1.807) is 16.6 Å². The predicted octanol–water partition coefficient (Wildman–Crippen LogP) is 3.68. The first-order valence-electron chi connectivity index (χ1n) is 8.57. The maximum atomic E-state index is 12.8. The number of nitrogens with zero attached hydrogens (tertiary/aromatic N) is 5. The van der Waals surface area contributed by atoms with Crippen LogP contribution in [0.1, 0.15) is 21.7 Å². The Kier molecular flexibility index (Phi) is 5.60. The average molecular weight is 428 g/mol. The highest BCUT2D eigenvalue weighted by Gasteiger charge is 2.21. The molecule has 0 saturated carbocycles. The van der Waals surface area contributed by atoms with Crippen molar-refractivity contribution in [1.82, 2.24) is 19.9 Å². The van der Waals surface area contributed by atoms with Crippen molar-refractivity contribution in [3.05, 3.63) is 70.0 Å². The first-order chi connectivity index (χ1) is 12.9. The molecule has 3 rings (SSSR count). The Bertz CT molecular complexity index is 949. The quantitative estimate of drug-likeness (QED) is 0.622. The normalized spacial score (nSPS) is 10.7. The Morgan fingerprint density at radius 3 is 2.44 bits per heavy atom. The Morgan fingerprint density at radius 1 is 1.11 bits per heavy atom. The van der Waals surface area contributed by atoms with Gasteiger partial charge in [-0.1, -0.05) is 39.3 Å². The minimum absolute atomic E-state index is 0.148. The second-order valence-corrected chi connectivity index (χ2v) is 7.55.